The van der Waals surface area contributed by atoms with E-state index in [2.05, 4.69) is 13.0 Å². The van der Waals surface area contributed by atoms with Crippen LogP contribution in [0, 0.1) is 6.07 Å². The van der Waals surface area contributed by atoms with E-state index in [4.69, 9.17) is 4.74 Å². The van der Waals surface area contributed by atoms with Gasteiger partial charge in [0, 0.05) is 0 Å². The standard InChI is InChI=1S/C10H13O2/c1-3-5-8-6-4-7-9(12-2)10(8)11/h6-7,11H,3,5H2,1-2H3. The monoisotopic (exact) mass is 165 g/mol. The SMILES string of the molecule is CCCc1c[c]cc(OC)c1O. The minimum Gasteiger partial charge on any atom is -0.504 e. The summed E-state index contributed by atoms with van der Waals surface area (Å²) in [6, 6.07) is 6.35. The number of rotatable bonds is 3. The Kier molecular flexibility index (Phi) is 2.97. The van der Waals surface area contributed by atoms with Crippen molar-refractivity contribution >= 4 is 0 Å². The lowest BCUT2D eigenvalue weighted by Crippen LogP contribution is -1.88. The van der Waals surface area contributed by atoms with E-state index in [0.29, 0.717) is 5.75 Å². The van der Waals surface area contributed by atoms with Crippen LogP contribution in [0.4, 0.5) is 0 Å². The normalized spacial score (nSPS) is 9.83. The second kappa shape index (κ2) is 4.00. The first-order valence-corrected chi connectivity index (χ1v) is 4.05. The molecule has 0 bridgehead atoms. The molecule has 0 atom stereocenters. The number of aryl methyl sites for hydroxylation is 1. The molecule has 2 nitrogen and oxygen atoms in total. The summed E-state index contributed by atoms with van der Waals surface area (Å²) in [5.74, 6) is 0.749. The number of aromatic hydroxyl groups is 1. The van der Waals surface area contributed by atoms with Crippen molar-refractivity contribution in [3.63, 3.8) is 0 Å². The highest BCUT2D eigenvalue weighted by Gasteiger charge is 2.05. The summed E-state index contributed by atoms with van der Waals surface area (Å²) in [5, 5.41) is 9.57. The molecule has 0 aromatic heterocycles. The second-order valence-electron chi connectivity index (χ2n) is 2.65. The van der Waals surface area contributed by atoms with Crippen molar-refractivity contribution < 1.29 is 9.84 Å². The number of phenols is 1. The first kappa shape index (κ1) is 8.91. The van der Waals surface area contributed by atoms with Crippen LogP contribution in [0.5, 0.6) is 11.5 Å². The van der Waals surface area contributed by atoms with E-state index >= 15 is 0 Å². The minimum absolute atomic E-state index is 0.248. The molecular weight excluding hydrogens is 152 g/mol. The summed E-state index contributed by atoms with van der Waals surface area (Å²) in [4.78, 5) is 0. The van der Waals surface area contributed by atoms with Gasteiger partial charge in [-0.2, -0.15) is 0 Å². The highest BCUT2D eigenvalue weighted by molar-refractivity contribution is 5.44. The summed E-state index contributed by atoms with van der Waals surface area (Å²) in [6.07, 6.45) is 1.87. The number of benzene rings is 1. The number of phenolic OH excluding ortho intramolecular Hbond substituents is 1. The third kappa shape index (κ3) is 1.70. The summed E-state index contributed by atoms with van der Waals surface area (Å²) in [6.45, 7) is 2.07. The molecule has 2 heteroatoms. The molecule has 0 amide bonds. The van der Waals surface area contributed by atoms with Crippen LogP contribution in [-0.4, -0.2) is 12.2 Å². The fourth-order valence-electron chi connectivity index (χ4n) is 1.13. The lowest BCUT2D eigenvalue weighted by molar-refractivity contribution is 0.370. The average Bonchev–Trinajstić information content (AvgIpc) is 2.09. The van der Waals surface area contributed by atoms with Crippen molar-refractivity contribution in [3.05, 3.63) is 23.8 Å². The summed E-state index contributed by atoms with van der Waals surface area (Å²) < 4.78 is 4.95. The molecule has 0 saturated carbocycles. The molecular formula is C10H13O2. The van der Waals surface area contributed by atoms with Crippen LogP contribution in [0.15, 0.2) is 12.1 Å². The van der Waals surface area contributed by atoms with Crippen molar-refractivity contribution in [1.82, 2.24) is 0 Å². The van der Waals surface area contributed by atoms with E-state index in [1.54, 1.807) is 19.2 Å². The third-order valence-corrected chi connectivity index (χ3v) is 1.75. The molecule has 0 fully saturated rings. The topological polar surface area (TPSA) is 29.5 Å². The molecule has 0 aliphatic heterocycles. The maximum Gasteiger partial charge on any atom is 0.161 e. The van der Waals surface area contributed by atoms with Gasteiger partial charge in [-0.25, -0.2) is 0 Å². The van der Waals surface area contributed by atoms with Crippen LogP contribution < -0.4 is 4.74 Å². The molecule has 0 aliphatic rings. The van der Waals surface area contributed by atoms with Gasteiger partial charge < -0.3 is 9.84 Å². The fraction of sp³-hybridized carbons (Fsp3) is 0.400. The zero-order valence-corrected chi connectivity index (χ0v) is 7.42. The van der Waals surface area contributed by atoms with Gasteiger partial charge in [0.1, 0.15) is 0 Å². The summed E-state index contributed by atoms with van der Waals surface area (Å²) in [7, 11) is 1.54. The van der Waals surface area contributed by atoms with E-state index in [0.717, 1.165) is 18.4 Å². The lowest BCUT2D eigenvalue weighted by atomic mass is 10.1. The highest BCUT2D eigenvalue weighted by Crippen LogP contribution is 2.29. The van der Waals surface area contributed by atoms with Crippen LogP contribution >= 0.6 is 0 Å². The number of methoxy groups -OCH3 is 1. The van der Waals surface area contributed by atoms with Gasteiger partial charge >= 0.3 is 0 Å². The first-order chi connectivity index (χ1) is 5.79. The Balaban J connectivity index is 2.97. The fourth-order valence-corrected chi connectivity index (χ4v) is 1.13. The molecule has 65 valence electrons. The highest BCUT2D eigenvalue weighted by atomic mass is 16.5. The first-order valence-electron chi connectivity index (χ1n) is 4.05. The van der Waals surface area contributed by atoms with E-state index in [1.807, 2.05) is 0 Å². The smallest absolute Gasteiger partial charge is 0.161 e. The molecule has 1 radical (unpaired) electrons. The summed E-state index contributed by atoms with van der Waals surface area (Å²) >= 11 is 0. The van der Waals surface area contributed by atoms with Crippen molar-refractivity contribution in [2.75, 3.05) is 7.11 Å². The number of hydrogen-bond acceptors (Lipinski definition) is 2. The van der Waals surface area contributed by atoms with Gasteiger partial charge in [0.2, 0.25) is 0 Å². The average molecular weight is 165 g/mol. The maximum absolute atomic E-state index is 9.57. The molecule has 12 heavy (non-hydrogen) atoms. The third-order valence-electron chi connectivity index (χ3n) is 1.75. The Hall–Kier alpha value is -1.18. The van der Waals surface area contributed by atoms with Gasteiger partial charge in [0.05, 0.1) is 7.11 Å². The molecule has 1 N–H and O–H groups in total. The molecule has 0 spiro atoms. The molecule has 1 rings (SSSR count). The van der Waals surface area contributed by atoms with Gasteiger partial charge in [0.25, 0.3) is 0 Å². The Morgan fingerprint density at radius 1 is 1.50 bits per heavy atom. The second-order valence-corrected chi connectivity index (χ2v) is 2.65. The van der Waals surface area contributed by atoms with Crippen LogP contribution in [0.3, 0.4) is 0 Å². The quantitative estimate of drug-likeness (QED) is 0.743. The largest absolute Gasteiger partial charge is 0.504 e. The Morgan fingerprint density at radius 3 is 2.83 bits per heavy atom. The summed E-state index contributed by atoms with van der Waals surface area (Å²) in [5.41, 5.74) is 0.900. The molecule has 1 aromatic rings. The van der Waals surface area contributed by atoms with Gasteiger partial charge in [0.15, 0.2) is 11.5 Å². The van der Waals surface area contributed by atoms with Gasteiger partial charge in [-0.3, -0.25) is 0 Å². The zero-order valence-electron chi connectivity index (χ0n) is 7.42. The Bertz CT molecular complexity index is 256. The number of hydrogen-bond donors (Lipinski definition) is 1. The van der Waals surface area contributed by atoms with Crippen LogP contribution in [0.25, 0.3) is 0 Å². The molecule has 0 unspecified atom stereocenters. The lowest BCUT2D eigenvalue weighted by Gasteiger charge is -2.06. The molecule has 0 heterocycles. The Labute approximate surface area is 72.8 Å². The predicted molar refractivity (Wildman–Crippen MR) is 47.5 cm³/mol. The van der Waals surface area contributed by atoms with Crippen molar-refractivity contribution in [2.45, 2.75) is 19.8 Å². The van der Waals surface area contributed by atoms with E-state index < -0.39 is 0 Å². The van der Waals surface area contributed by atoms with Gasteiger partial charge in [-0.1, -0.05) is 13.3 Å². The molecule has 1 aromatic carbocycles. The van der Waals surface area contributed by atoms with Crippen molar-refractivity contribution in [3.8, 4) is 11.5 Å². The molecule has 0 aliphatic carbocycles. The van der Waals surface area contributed by atoms with E-state index in [-0.39, 0.29) is 5.75 Å². The number of ether oxygens (including phenoxy) is 1. The molecule has 0 saturated heterocycles. The van der Waals surface area contributed by atoms with Gasteiger partial charge in [-0.05, 0) is 30.2 Å². The predicted octanol–water partition coefficient (Wildman–Crippen LogP) is 2.15. The van der Waals surface area contributed by atoms with Crippen molar-refractivity contribution in [2.24, 2.45) is 0 Å². The van der Waals surface area contributed by atoms with Gasteiger partial charge in [-0.15, -0.1) is 0 Å². The van der Waals surface area contributed by atoms with Crippen LogP contribution in [0.2, 0.25) is 0 Å². The Morgan fingerprint density at radius 2 is 2.25 bits per heavy atom. The zero-order chi connectivity index (χ0) is 8.97. The van der Waals surface area contributed by atoms with Crippen LogP contribution in [-0.2, 0) is 6.42 Å². The minimum atomic E-state index is 0.248. The van der Waals surface area contributed by atoms with Crippen LogP contribution in [0.1, 0.15) is 18.9 Å². The van der Waals surface area contributed by atoms with E-state index in [9.17, 15) is 5.11 Å². The van der Waals surface area contributed by atoms with Crippen molar-refractivity contribution in [1.29, 1.82) is 0 Å². The maximum atomic E-state index is 9.57. The van der Waals surface area contributed by atoms with E-state index in [1.165, 1.54) is 0 Å².